The number of hydrogen-bond donors (Lipinski definition) is 1. The van der Waals surface area contributed by atoms with E-state index in [0.717, 1.165) is 5.69 Å². The lowest BCUT2D eigenvalue weighted by Crippen LogP contribution is -2.03. The number of nitrogens with zero attached hydrogens (tertiary/aromatic N) is 2. The van der Waals surface area contributed by atoms with Crippen LogP contribution in [0.2, 0.25) is 0 Å². The number of carbonyl (C=O) groups is 1. The van der Waals surface area contributed by atoms with Crippen molar-refractivity contribution in [2.45, 2.75) is 13.5 Å². The third-order valence-corrected chi connectivity index (χ3v) is 2.63. The molecule has 0 unspecified atom stereocenters. The minimum Gasteiger partial charge on any atom is -0.490 e. The Hall–Kier alpha value is -2.50. The number of hydrogen-bond acceptors (Lipinski definition) is 4. The van der Waals surface area contributed by atoms with Crippen molar-refractivity contribution < 1.29 is 19.4 Å². The molecule has 106 valence electrons. The van der Waals surface area contributed by atoms with Gasteiger partial charge in [0.25, 0.3) is 0 Å². The highest BCUT2D eigenvalue weighted by Gasteiger charge is 2.11. The number of carboxylic acid groups (broad SMARTS) is 1. The molecule has 0 aliphatic heterocycles. The van der Waals surface area contributed by atoms with Crippen LogP contribution in [0.5, 0.6) is 11.5 Å². The van der Waals surface area contributed by atoms with Crippen LogP contribution in [0, 0.1) is 0 Å². The molecule has 0 aliphatic carbocycles. The number of aryl methyl sites for hydroxylation is 1. The van der Waals surface area contributed by atoms with Crippen LogP contribution in [0.15, 0.2) is 30.5 Å². The fourth-order valence-electron chi connectivity index (χ4n) is 1.72. The summed E-state index contributed by atoms with van der Waals surface area (Å²) in [5, 5.41) is 13.2. The number of aromatic nitrogens is 2. The van der Waals surface area contributed by atoms with E-state index in [4.69, 9.17) is 14.6 Å². The summed E-state index contributed by atoms with van der Waals surface area (Å²) in [5.41, 5.74) is 0.955. The normalized spacial score (nSPS) is 10.3. The van der Waals surface area contributed by atoms with E-state index in [1.54, 1.807) is 10.7 Å². The van der Waals surface area contributed by atoms with Gasteiger partial charge >= 0.3 is 5.97 Å². The lowest BCUT2D eigenvalue weighted by Gasteiger charge is -2.11. The summed E-state index contributed by atoms with van der Waals surface area (Å²) in [6.07, 6.45) is 1.83. The minimum absolute atomic E-state index is 0.165. The van der Waals surface area contributed by atoms with Crippen molar-refractivity contribution in [3.05, 3.63) is 41.7 Å². The van der Waals surface area contributed by atoms with Gasteiger partial charge in [-0.05, 0) is 31.2 Å². The Labute approximate surface area is 116 Å². The predicted octanol–water partition coefficient (Wildman–Crippen LogP) is 2.10. The molecule has 6 nitrogen and oxygen atoms in total. The van der Waals surface area contributed by atoms with Gasteiger partial charge in [0.1, 0.15) is 6.61 Å². The molecule has 1 N–H and O–H groups in total. The lowest BCUT2D eigenvalue weighted by atomic mass is 10.2. The van der Waals surface area contributed by atoms with Crippen molar-refractivity contribution in [2.75, 3.05) is 6.61 Å². The van der Waals surface area contributed by atoms with Gasteiger partial charge in [-0.15, -0.1) is 0 Å². The Morgan fingerprint density at radius 2 is 2.10 bits per heavy atom. The van der Waals surface area contributed by atoms with E-state index < -0.39 is 5.97 Å². The molecule has 0 atom stereocenters. The van der Waals surface area contributed by atoms with Crippen LogP contribution in [-0.2, 0) is 13.7 Å². The summed E-state index contributed by atoms with van der Waals surface area (Å²) in [7, 11) is 1.83. The molecule has 0 aliphatic rings. The molecule has 0 bridgehead atoms. The number of aromatic carboxylic acids is 1. The smallest absolute Gasteiger partial charge is 0.335 e. The number of ether oxygens (including phenoxy) is 2. The predicted molar refractivity (Wildman–Crippen MR) is 72.1 cm³/mol. The molecule has 0 fully saturated rings. The Bertz CT molecular complexity index is 607. The Balaban J connectivity index is 2.15. The van der Waals surface area contributed by atoms with Gasteiger partial charge in [-0.25, -0.2) is 4.79 Å². The van der Waals surface area contributed by atoms with Gasteiger partial charge in [-0.1, -0.05) is 0 Å². The quantitative estimate of drug-likeness (QED) is 0.874. The summed E-state index contributed by atoms with van der Waals surface area (Å²) in [4.78, 5) is 10.9. The molecule has 0 radical (unpaired) electrons. The second kappa shape index (κ2) is 6.10. The van der Waals surface area contributed by atoms with Crippen molar-refractivity contribution in [3.63, 3.8) is 0 Å². The molecular formula is C14H16N2O4. The maximum Gasteiger partial charge on any atom is 0.335 e. The van der Waals surface area contributed by atoms with E-state index in [9.17, 15) is 4.79 Å². The van der Waals surface area contributed by atoms with Crippen LogP contribution in [0.25, 0.3) is 0 Å². The molecule has 20 heavy (non-hydrogen) atoms. The molecule has 1 aromatic carbocycles. The van der Waals surface area contributed by atoms with E-state index in [1.807, 2.05) is 26.2 Å². The molecule has 0 amide bonds. The molecular weight excluding hydrogens is 260 g/mol. The van der Waals surface area contributed by atoms with Crippen LogP contribution in [0.3, 0.4) is 0 Å². The standard InChI is InChI=1S/C14H16N2O4/c1-3-19-13-8-10(14(17)18)4-5-12(13)20-9-11-6-7-16(2)15-11/h4-8H,3,9H2,1-2H3,(H,17,18). The van der Waals surface area contributed by atoms with Gasteiger partial charge in [-0.3, -0.25) is 4.68 Å². The minimum atomic E-state index is -0.998. The average molecular weight is 276 g/mol. The fourth-order valence-corrected chi connectivity index (χ4v) is 1.72. The maximum atomic E-state index is 10.9. The van der Waals surface area contributed by atoms with E-state index >= 15 is 0 Å². The van der Waals surface area contributed by atoms with Crippen LogP contribution < -0.4 is 9.47 Å². The molecule has 0 spiro atoms. The van der Waals surface area contributed by atoms with Crippen molar-refractivity contribution in [3.8, 4) is 11.5 Å². The second-order valence-corrected chi connectivity index (χ2v) is 4.17. The summed E-state index contributed by atoms with van der Waals surface area (Å²) in [6, 6.07) is 6.39. The van der Waals surface area contributed by atoms with Crippen molar-refractivity contribution >= 4 is 5.97 Å². The van der Waals surface area contributed by atoms with Crippen LogP contribution in [0.1, 0.15) is 23.0 Å². The monoisotopic (exact) mass is 276 g/mol. The van der Waals surface area contributed by atoms with Crippen molar-refractivity contribution in [1.29, 1.82) is 0 Å². The van der Waals surface area contributed by atoms with E-state index in [-0.39, 0.29) is 5.56 Å². The summed E-state index contributed by atoms with van der Waals surface area (Å²) in [5.74, 6) is -0.0759. The molecule has 1 aromatic heterocycles. The molecule has 2 rings (SSSR count). The maximum absolute atomic E-state index is 10.9. The number of rotatable bonds is 6. The third kappa shape index (κ3) is 3.28. The van der Waals surface area contributed by atoms with Gasteiger partial charge in [-0.2, -0.15) is 5.10 Å². The van der Waals surface area contributed by atoms with Gasteiger partial charge in [0, 0.05) is 13.2 Å². The highest BCUT2D eigenvalue weighted by atomic mass is 16.5. The lowest BCUT2D eigenvalue weighted by molar-refractivity contribution is 0.0696. The van der Waals surface area contributed by atoms with E-state index in [1.165, 1.54) is 12.1 Å². The largest absolute Gasteiger partial charge is 0.490 e. The first kappa shape index (κ1) is 13.9. The number of benzene rings is 1. The highest BCUT2D eigenvalue weighted by Crippen LogP contribution is 2.29. The molecule has 6 heteroatoms. The second-order valence-electron chi connectivity index (χ2n) is 4.17. The van der Waals surface area contributed by atoms with Gasteiger partial charge < -0.3 is 14.6 Å². The van der Waals surface area contributed by atoms with Crippen molar-refractivity contribution in [1.82, 2.24) is 9.78 Å². The van der Waals surface area contributed by atoms with Crippen LogP contribution in [-0.4, -0.2) is 27.5 Å². The summed E-state index contributed by atoms with van der Waals surface area (Å²) in [6.45, 7) is 2.56. The number of carboxylic acids is 1. The molecule has 2 aromatic rings. The zero-order chi connectivity index (χ0) is 14.5. The summed E-state index contributed by atoms with van der Waals surface area (Å²) >= 11 is 0. The zero-order valence-electron chi connectivity index (χ0n) is 11.4. The molecule has 1 heterocycles. The van der Waals surface area contributed by atoms with Gasteiger partial charge in [0.05, 0.1) is 17.9 Å². The Morgan fingerprint density at radius 3 is 2.70 bits per heavy atom. The van der Waals surface area contributed by atoms with Crippen LogP contribution in [0.4, 0.5) is 0 Å². The fraction of sp³-hybridized carbons (Fsp3) is 0.286. The first-order chi connectivity index (χ1) is 9.60. The van der Waals surface area contributed by atoms with E-state index in [0.29, 0.717) is 24.7 Å². The highest BCUT2D eigenvalue weighted by molar-refractivity contribution is 5.88. The average Bonchev–Trinajstić information content (AvgIpc) is 2.83. The van der Waals surface area contributed by atoms with Crippen molar-refractivity contribution in [2.24, 2.45) is 7.05 Å². The van der Waals surface area contributed by atoms with Gasteiger partial charge in [0.2, 0.25) is 0 Å². The van der Waals surface area contributed by atoms with E-state index in [2.05, 4.69) is 5.10 Å². The van der Waals surface area contributed by atoms with Crippen LogP contribution >= 0.6 is 0 Å². The Morgan fingerprint density at radius 1 is 1.30 bits per heavy atom. The summed E-state index contributed by atoms with van der Waals surface area (Å²) < 4.78 is 12.7. The van der Waals surface area contributed by atoms with Gasteiger partial charge in [0.15, 0.2) is 11.5 Å². The molecule has 0 saturated heterocycles. The first-order valence-corrected chi connectivity index (χ1v) is 6.21. The molecule has 0 saturated carbocycles. The third-order valence-electron chi connectivity index (χ3n) is 2.63. The topological polar surface area (TPSA) is 73.6 Å². The SMILES string of the molecule is CCOc1cc(C(=O)O)ccc1OCc1ccn(C)n1. The first-order valence-electron chi connectivity index (χ1n) is 6.21. The Kier molecular flexibility index (Phi) is 4.24. The zero-order valence-corrected chi connectivity index (χ0v) is 11.4.